The summed E-state index contributed by atoms with van der Waals surface area (Å²) in [5.74, 6) is -0.558. The van der Waals surface area contributed by atoms with Gasteiger partial charge in [0.2, 0.25) is 5.78 Å². The van der Waals surface area contributed by atoms with Crippen LogP contribution in [0.15, 0.2) is 30.0 Å². The van der Waals surface area contributed by atoms with E-state index in [9.17, 15) is 18.0 Å². The Bertz CT molecular complexity index is 521. The van der Waals surface area contributed by atoms with Gasteiger partial charge in [-0.2, -0.15) is 13.2 Å². The Morgan fingerprint density at radius 2 is 2.06 bits per heavy atom. The van der Waals surface area contributed by atoms with Gasteiger partial charge in [-0.15, -0.1) is 0 Å². The molecule has 0 fully saturated rings. The van der Waals surface area contributed by atoms with E-state index in [1.807, 2.05) is 0 Å². The molecule has 0 spiro atoms. The van der Waals surface area contributed by atoms with Crippen LogP contribution in [-0.2, 0) is 10.9 Å². The van der Waals surface area contributed by atoms with E-state index < -0.39 is 17.5 Å². The first-order chi connectivity index (χ1) is 8.39. The zero-order valence-electron chi connectivity index (χ0n) is 9.25. The fourth-order valence-corrected chi connectivity index (χ4v) is 1.64. The van der Waals surface area contributed by atoms with E-state index >= 15 is 0 Å². The van der Waals surface area contributed by atoms with Crippen LogP contribution in [0.5, 0.6) is 0 Å². The van der Waals surface area contributed by atoms with Gasteiger partial charge in [0.1, 0.15) is 0 Å². The number of hydrogen-bond acceptors (Lipinski definition) is 3. The van der Waals surface area contributed by atoms with Crippen LogP contribution in [0, 0.1) is 0 Å². The van der Waals surface area contributed by atoms with Crippen LogP contribution in [0.25, 0.3) is 0 Å². The van der Waals surface area contributed by atoms with Crippen LogP contribution < -0.4 is 5.73 Å². The monoisotopic (exact) mass is 257 g/mol. The molecule has 0 aromatic heterocycles. The molecule has 0 radical (unpaired) electrons. The SMILES string of the molecule is Nc1ccc(C(F)(F)F)cc1C(=O)C1=CCCO1. The van der Waals surface area contributed by atoms with E-state index in [0.29, 0.717) is 13.0 Å². The standard InChI is InChI=1S/C12H10F3NO2/c13-12(14,15)7-3-4-9(16)8(6-7)11(17)10-2-1-5-18-10/h2-4,6H,1,5,16H2. The normalized spacial score (nSPS) is 15.2. The van der Waals surface area contributed by atoms with Gasteiger partial charge in [-0.05, 0) is 24.3 Å². The summed E-state index contributed by atoms with van der Waals surface area (Å²) in [4.78, 5) is 11.9. The molecule has 0 saturated heterocycles. The molecule has 96 valence electrons. The number of hydrogen-bond donors (Lipinski definition) is 1. The molecule has 2 N–H and O–H groups in total. The maximum atomic E-state index is 12.5. The van der Waals surface area contributed by atoms with Crippen molar-refractivity contribution < 1.29 is 22.7 Å². The summed E-state index contributed by atoms with van der Waals surface area (Å²) in [6, 6.07) is 2.67. The second kappa shape index (κ2) is 4.36. The molecule has 1 aliphatic rings. The molecule has 1 heterocycles. The molecule has 2 rings (SSSR count). The number of rotatable bonds is 2. The van der Waals surface area contributed by atoms with E-state index in [1.165, 1.54) is 0 Å². The summed E-state index contributed by atoms with van der Waals surface area (Å²) in [7, 11) is 0. The molecule has 0 saturated carbocycles. The molecule has 18 heavy (non-hydrogen) atoms. The topological polar surface area (TPSA) is 52.3 Å². The maximum absolute atomic E-state index is 12.5. The van der Waals surface area contributed by atoms with Gasteiger partial charge in [0, 0.05) is 17.7 Å². The number of carbonyl (C=O) groups is 1. The molecule has 3 nitrogen and oxygen atoms in total. The van der Waals surface area contributed by atoms with Crippen molar-refractivity contribution in [2.75, 3.05) is 12.3 Å². The first kappa shape index (κ1) is 12.5. The number of carbonyl (C=O) groups excluding carboxylic acids is 1. The van der Waals surface area contributed by atoms with Gasteiger partial charge in [-0.1, -0.05) is 0 Å². The molecule has 1 aromatic carbocycles. The number of Topliss-reactive ketones (excluding diaryl/α,β-unsaturated/α-hetero) is 1. The fourth-order valence-electron chi connectivity index (χ4n) is 1.64. The lowest BCUT2D eigenvalue weighted by Gasteiger charge is -2.11. The number of ketones is 1. The van der Waals surface area contributed by atoms with Gasteiger partial charge in [0.15, 0.2) is 5.76 Å². The molecule has 0 aliphatic carbocycles. The predicted molar refractivity (Wildman–Crippen MR) is 58.8 cm³/mol. The summed E-state index contributed by atoms with van der Waals surface area (Å²) in [5, 5.41) is 0. The third-order valence-electron chi connectivity index (χ3n) is 2.55. The summed E-state index contributed by atoms with van der Waals surface area (Å²) in [6.07, 6.45) is -2.39. The average molecular weight is 257 g/mol. The lowest BCUT2D eigenvalue weighted by molar-refractivity contribution is -0.137. The van der Waals surface area contributed by atoms with Crippen LogP contribution in [0.3, 0.4) is 0 Å². The van der Waals surface area contributed by atoms with Crippen molar-refractivity contribution in [3.8, 4) is 0 Å². The quantitative estimate of drug-likeness (QED) is 0.654. The van der Waals surface area contributed by atoms with Crippen molar-refractivity contribution in [2.24, 2.45) is 0 Å². The van der Waals surface area contributed by atoms with Crippen LogP contribution in [0.4, 0.5) is 18.9 Å². The van der Waals surface area contributed by atoms with Crippen molar-refractivity contribution >= 4 is 11.5 Å². The number of alkyl halides is 3. The number of ether oxygens (including phenoxy) is 1. The molecule has 6 heteroatoms. The summed E-state index contributed by atoms with van der Waals surface area (Å²) in [6.45, 7) is 0.361. The highest BCUT2D eigenvalue weighted by Gasteiger charge is 2.32. The van der Waals surface area contributed by atoms with Crippen LogP contribution >= 0.6 is 0 Å². The number of nitrogens with two attached hydrogens (primary N) is 1. The van der Waals surface area contributed by atoms with Gasteiger partial charge in [-0.3, -0.25) is 4.79 Å². The Balaban J connectivity index is 2.40. The lowest BCUT2D eigenvalue weighted by atomic mass is 10.0. The van der Waals surface area contributed by atoms with Gasteiger partial charge in [0.05, 0.1) is 12.2 Å². The number of nitrogen functional groups attached to an aromatic ring is 1. The fraction of sp³-hybridized carbons (Fsp3) is 0.250. The zero-order valence-corrected chi connectivity index (χ0v) is 9.25. The second-order valence-electron chi connectivity index (χ2n) is 3.83. The molecular formula is C12H10F3NO2. The molecular weight excluding hydrogens is 247 g/mol. The highest BCUT2D eigenvalue weighted by molar-refractivity contribution is 6.10. The number of halogens is 3. The van der Waals surface area contributed by atoms with Crippen molar-refractivity contribution in [3.63, 3.8) is 0 Å². The van der Waals surface area contributed by atoms with Crippen LogP contribution in [0.1, 0.15) is 22.3 Å². The second-order valence-corrected chi connectivity index (χ2v) is 3.83. The van der Waals surface area contributed by atoms with Gasteiger partial charge >= 0.3 is 6.18 Å². The third kappa shape index (κ3) is 2.32. The molecule has 0 bridgehead atoms. The van der Waals surface area contributed by atoms with E-state index in [0.717, 1.165) is 18.2 Å². The largest absolute Gasteiger partial charge is 0.489 e. The van der Waals surface area contributed by atoms with E-state index in [1.54, 1.807) is 6.08 Å². The lowest BCUT2D eigenvalue weighted by Crippen LogP contribution is -2.11. The summed E-state index contributed by atoms with van der Waals surface area (Å²) >= 11 is 0. The maximum Gasteiger partial charge on any atom is 0.416 e. The Kier molecular flexibility index (Phi) is 3.02. The third-order valence-corrected chi connectivity index (χ3v) is 2.55. The van der Waals surface area contributed by atoms with Crippen molar-refractivity contribution in [1.82, 2.24) is 0 Å². The average Bonchev–Trinajstić information content (AvgIpc) is 2.80. The first-order valence-electron chi connectivity index (χ1n) is 5.24. The number of anilines is 1. The first-order valence-corrected chi connectivity index (χ1v) is 5.24. The summed E-state index contributed by atoms with van der Waals surface area (Å²) < 4.78 is 42.7. The van der Waals surface area contributed by atoms with Crippen molar-refractivity contribution in [1.29, 1.82) is 0 Å². The molecule has 1 aliphatic heterocycles. The zero-order chi connectivity index (χ0) is 13.3. The van der Waals surface area contributed by atoms with Gasteiger partial charge in [0.25, 0.3) is 0 Å². The molecule has 1 aromatic rings. The number of benzene rings is 1. The van der Waals surface area contributed by atoms with Crippen molar-refractivity contribution in [2.45, 2.75) is 12.6 Å². The summed E-state index contributed by atoms with van der Waals surface area (Å²) in [5.41, 5.74) is 4.45. The minimum atomic E-state index is -4.51. The van der Waals surface area contributed by atoms with Crippen molar-refractivity contribution in [3.05, 3.63) is 41.2 Å². The Labute approximate surface area is 101 Å². The Morgan fingerprint density at radius 3 is 2.61 bits per heavy atom. The molecule has 0 atom stereocenters. The Morgan fingerprint density at radius 1 is 1.33 bits per heavy atom. The minimum absolute atomic E-state index is 0.00407. The Hall–Kier alpha value is -1.98. The highest BCUT2D eigenvalue weighted by Crippen LogP contribution is 2.32. The smallest absolute Gasteiger partial charge is 0.416 e. The van der Waals surface area contributed by atoms with Gasteiger partial charge in [-0.25, -0.2) is 0 Å². The highest BCUT2D eigenvalue weighted by atomic mass is 19.4. The van der Waals surface area contributed by atoms with E-state index in [4.69, 9.17) is 10.5 Å². The van der Waals surface area contributed by atoms with E-state index in [-0.39, 0.29) is 17.0 Å². The molecule has 0 amide bonds. The van der Waals surface area contributed by atoms with Crippen LogP contribution in [0.2, 0.25) is 0 Å². The van der Waals surface area contributed by atoms with Crippen LogP contribution in [-0.4, -0.2) is 12.4 Å². The van der Waals surface area contributed by atoms with E-state index in [2.05, 4.69) is 0 Å². The van der Waals surface area contributed by atoms with Gasteiger partial charge < -0.3 is 10.5 Å². The predicted octanol–water partition coefficient (Wildman–Crippen LogP) is 2.77. The molecule has 0 unspecified atom stereocenters. The number of allylic oxidation sites excluding steroid dienone is 1. The minimum Gasteiger partial charge on any atom is -0.489 e.